The van der Waals surface area contributed by atoms with Gasteiger partial charge in [0.15, 0.2) is 10.6 Å². The first kappa shape index (κ1) is 33.8. The lowest BCUT2D eigenvalue weighted by Crippen LogP contribution is -2.38. The van der Waals surface area contributed by atoms with Crippen LogP contribution in [-0.4, -0.2) is 28.0 Å². The maximum atomic E-state index is 12.7. The molecule has 4 atom stereocenters. The number of hydrogen-bond donors (Lipinski definition) is 3. The number of nitrogens with zero attached hydrogens (tertiary/aromatic N) is 1. The van der Waals surface area contributed by atoms with Crippen molar-refractivity contribution in [2.45, 2.75) is 42.9 Å². The number of anilines is 1. The smallest absolute Gasteiger partial charge is 0.319 e. The van der Waals surface area contributed by atoms with Gasteiger partial charge in [-0.15, -0.1) is 11.3 Å². The van der Waals surface area contributed by atoms with E-state index in [-0.39, 0.29) is 30.8 Å². The fraction of sp³-hybridized carbons (Fsp3) is 0.200. The molecule has 7 rings (SSSR count). The van der Waals surface area contributed by atoms with Crippen molar-refractivity contribution in [1.29, 1.82) is 0 Å². The number of fused-ring (bicyclic) bond motifs is 1. The van der Waals surface area contributed by atoms with Gasteiger partial charge in [0.1, 0.15) is 11.5 Å². The summed E-state index contributed by atoms with van der Waals surface area (Å²) < 4.78 is 21.3. The minimum atomic E-state index is -0.575. The second-order valence-corrected chi connectivity index (χ2v) is 14.4. The van der Waals surface area contributed by atoms with Crippen molar-refractivity contribution in [2.75, 3.05) is 11.1 Å². The molecule has 0 unspecified atom stereocenters. The number of thiazole rings is 1. The van der Waals surface area contributed by atoms with E-state index in [9.17, 15) is 9.90 Å². The Morgan fingerprint density at radius 1 is 0.820 bits per heavy atom. The van der Waals surface area contributed by atoms with Gasteiger partial charge in [-0.3, -0.25) is 0 Å². The first-order valence-electron chi connectivity index (χ1n) is 16.5. The van der Waals surface area contributed by atoms with Gasteiger partial charge in [-0.1, -0.05) is 97.5 Å². The van der Waals surface area contributed by atoms with E-state index in [0.717, 1.165) is 43.6 Å². The summed E-state index contributed by atoms with van der Waals surface area (Å²) in [6.07, 6.45) is -0.877. The van der Waals surface area contributed by atoms with E-state index in [2.05, 4.69) is 23.6 Å². The number of thioether (sulfide) groups is 1. The van der Waals surface area contributed by atoms with Crippen molar-refractivity contribution in [3.05, 3.63) is 150 Å². The Morgan fingerprint density at radius 3 is 2.24 bits per heavy atom. The quantitative estimate of drug-likeness (QED) is 0.116. The number of carbonyl (C=O) groups is 1. The zero-order valence-corrected chi connectivity index (χ0v) is 29.0. The average Bonchev–Trinajstić information content (AvgIpc) is 3.58. The fourth-order valence-corrected chi connectivity index (χ4v) is 8.02. The summed E-state index contributed by atoms with van der Waals surface area (Å²) >= 11 is 3.41. The maximum absolute atomic E-state index is 12.7. The van der Waals surface area contributed by atoms with Gasteiger partial charge in [0, 0.05) is 29.5 Å². The highest BCUT2D eigenvalue weighted by molar-refractivity contribution is 8.01. The predicted octanol–water partition coefficient (Wildman–Crippen LogP) is 9.49. The first-order valence-corrected chi connectivity index (χ1v) is 18.3. The van der Waals surface area contributed by atoms with Gasteiger partial charge in [-0.05, 0) is 65.2 Å². The molecule has 254 valence electrons. The second-order valence-electron chi connectivity index (χ2n) is 12.1. The molecular formula is C40H37N3O5S2. The minimum absolute atomic E-state index is 0.00486. The van der Waals surface area contributed by atoms with Gasteiger partial charge >= 0.3 is 6.03 Å². The number of urea groups is 1. The molecule has 0 radical (unpaired) electrons. The SMILES string of the molecule is C[C@@H]1[C@H](CSc2nc3ccccc3s2)O[C@H](c2ccc(CNC(=O)Nc3ccc(Oc4ccccc4)cc3)cc2)O[C@@H]1c1ccc(CO)cc1. The van der Waals surface area contributed by atoms with Gasteiger partial charge in [-0.25, -0.2) is 9.78 Å². The summed E-state index contributed by atoms with van der Waals surface area (Å²) in [6, 6.07) is 40.5. The van der Waals surface area contributed by atoms with Crippen LogP contribution in [0.4, 0.5) is 10.5 Å². The zero-order chi connectivity index (χ0) is 34.3. The van der Waals surface area contributed by atoms with Gasteiger partial charge in [-0.2, -0.15) is 0 Å². The fourth-order valence-electron chi connectivity index (χ4n) is 5.76. The van der Waals surface area contributed by atoms with Gasteiger partial charge in [0.25, 0.3) is 0 Å². The molecule has 1 fully saturated rings. The lowest BCUT2D eigenvalue weighted by molar-refractivity contribution is -0.268. The number of benzene rings is 5. The predicted molar refractivity (Wildman–Crippen MR) is 199 cm³/mol. The third-order valence-corrected chi connectivity index (χ3v) is 10.8. The second kappa shape index (κ2) is 15.9. The summed E-state index contributed by atoms with van der Waals surface area (Å²) in [6.45, 7) is 2.51. The number of aromatic nitrogens is 1. The highest BCUT2D eigenvalue weighted by atomic mass is 32.2. The van der Waals surface area contributed by atoms with E-state index in [4.69, 9.17) is 19.2 Å². The highest BCUT2D eigenvalue weighted by Crippen LogP contribution is 2.43. The summed E-state index contributed by atoms with van der Waals surface area (Å²) in [5.41, 5.74) is 5.42. The third-order valence-electron chi connectivity index (χ3n) is 8.56. The molecule has 8 nitrogen and oxygen atoms in total. The van der Waals surface area contributed by atoms with Crippen molar-refractivity contribution in [3.8, 4) is 11.5 Å². The van der Waals surface area contributed by atoms with Crippen molar-refractivity contribution >= 4 is 45.0 Å². The van der Waals surface area contributed by atoms with Crippen LogP contribution < -0.4 is 15.4 Å². The molecule has 1 aliphatic rings. The number of hydrogen-bond acceptors (Lipinski definition) is 8. The monoisotopic (exact) mass is 703 g/mol. The molecule has 1 aliphatic heterocycles. The molecule has 50 heavy (non-hydrogen) atoms. The summed E-state index contributed by atoms with van der Waals surface area (Å²) in [4.78, 5) is 17.5. The van der Waals surface area contributed by atoms with Gasteiger partial charge < -0.3 is 30.0 Å². The Hall–Kier alpha value is -4.71. The Bertz CT molecular complexity index is 1970. The van der Waals surface area contributed by atoms with E-state index in [1.165, 1.54) is 4.70 Å². The minimum Gasteiger partial charge on any atom is -0.457 e. The number of aliphatic hydroxyl groups is 1. The topological polar surface area (TPSA) is 102 Å². The summed E-state index contributed by atoms with van der Waals surface area (Å²) in [5.74, 6) is 2.24. The number of rotatable bonds is 11. The lowest BCUT2D eigenvalue weighted by atomic mass is 9.91. The van der Waals surface area contributed by atoms with Crippen LogP contribution in [0.25, 0.3) is 10.2 Å². The largest absolute Gasteiger partial charge is 0.457 e. The van der Waals surface area contributed by atoms with Gasteiger partial charge in [0.05, 0.1) is 29.0 Å². The number of ether oxygens (including phenoxy) is 3. The maximum Gasteiger partial charge on any atom is 0.319 e. The standard InChI is InChI=1S/C40H37N3O5S2/c1-26-35(25-49-40-43-34-9-5-6-10-36(34)50-40)47-38(48-37(26)29-15-13-28(24-44)14-16-29)30-17-11-27(12-18-30)23-41-39(45)42-31-19-21-33(22-20-31)46-32-7-3-2-4-8-32/h2-22,26,35,37-38,44H,23-25H2,1H3,(H2,41,42,45)/t26-,35+,37+,38+/m1/s1. The van der Waals surface area contributed by atoms with Crippen LogP contribution in [-0.2, 0) is 22.6 Å². The Labute approximate surface area is 299 Å². The van der Waals surface area contributed by atoms with E-state index in [0.29, 0.717) is 18.0 Å². The number of nitrogens with one attached hydrogen (secondary N) is 2. The lowest BCUT2D eigenvalue weighted by Gasteiger charge is -2.41. The molecule has 5 aromatic carbocycles. The summed E-state index contributed by atoms with van der Waals surface area (Å²) in [5, 5.41) is 15.4. The normalized spacial score (nSPS) is 18.8. The number of aliphatic hydroxyl groups excluding tert-OH is 1. The third kappa shape index (κ3) is 8.35. The molecule has 2 amide bonds. The Kier molecular flexibility index (Phi) is 10.7. The van der Waals surface area contributed by atoms with Gasteiger partial charge in [0.2, 0.25) is 0 Å². The van der Waals surface area contributed by atoms with Crippen LogP contribution in [0, 0.1) is 5.92 Å². The van der Waals surface area contributed by atoms with Crippen molar-refractivity contribution < 1.29 is 24.1 Å². The molecule has 0 bridgehead atoms. The number of carbonyl (C=O) groups excluding carboxylic acids is 1. The first-order chi connectivity index (χ1) is 24.5. The van der Waals surface area contributed by atoms with Crippen molar-refractivity contribution in [1.82, 2.24) is 10.3 Å². The van der Waals surface area contributed by atoms with Crippen molar-refractivity contribution in [2.24, 2.45) is 5.92 Å². The van der Waals surface area contributed by atoms with Crippen LogP contribution in [0.2, 0.25) is 0 Å². The van der Waals surface area contributed by atoms with Crippen LogP contribution in [0.15, 0.2) is 132 Å². The molecule has 1 saturated heterocycles. The van der Waals surface area contributed by atoms with E-state index < -0.39 is 6.29 Å². The zero-order valence-electron chi connectivity index (χ0n) is 27.4. The van der Waals surface area contributed by atoms with Crippen LogP contribution in [0.3, 0.4) is 0 Å². The van der Waals surface area contributed by atoms with Crippen LogP contribution >= 0.6 is 23.1 Å². The molecule has 0 aliphatic carbocycles. The Balaban J connectivity index is 0.980. The number of amides is 2. The molecule has 0 saturated carbocycles. The molecule has 1 aromatic heterocycles. The highest BCUT2D eigenvalue weighted by Gasteiger charge is 2.38. The molecule has 10 heteroatoms. The molecule has 0 spiro atoms. The molecule has 2 heterocycles. The van der Waals surface area contributed by atoms with Crippen LogP contribution in [0.1, 0.15) is 41.6 Å². The van der Waals surface area contributed by atoms with E-state index in [1.54, 1.807) is 35.2 Å². The van der Waals surface area contributed by atoms with E-state index in [1.807, 2.05) is 109 Å². The summed E-state index contributed by atoms with van der Waals surface area (Å²) in [7, 11) is 0. The number of para-hydroxylation sites is 2. The van der Waals surface area contributed by atoms with E-state index >= 15 is 0 Å². The molecule has 6 aromatic rings. The van der Waals surface area contributed by atoms with Crippen LogP contribution in [0.5, 0.6) is 11.5 Å². The molecule has 3 N–H and O–H groups in total. The average molecular weight is 704 g/mol. The van der Waals surface area contributed by atoms with Crippen molar-refractivity contribution in [3.63, 3.8) is 0 Å². The Morgan fingerprint density at radius 2 is 1.50 bits per heavy atom. The molecular weight excluding hydrogens is 667 g/mol.